The highest BCUT2D eigenvalue weighted by atomic mass is 19.3. The number of alkyl halides is 2. The minimum absolute atomic E-state index is 0.419. The van der Waals surface area contributed by atoms with Gasteiger partial charge in [0.15, 0.2) is 0 Å². The first-order valence-electron chi connectivity index (χ1n) is 3.56. The third-order valence-corrected chi connectivity index (χ3v) is 2.11. The van der Waals surface area contributed by atoms with Gasteiger partial charge in [0.1, 0.15) is 0 Å². The van der Waals surface area contributed by atoms with E-state index in [1.165, 1.54) is 0 Å². The van der Waals surface area contributed by atoms with Gasteiger partial charge in [-0.15, -0.1) is 0 Å². The predicted molar refractivity (Wildman–Crippen MR) is 36.2 cm³/mol. The lowest BCUT2D eigenvalue weighted by Gasteiger charge is -2.17. The van der Waals surface area contributed by atoms with Crippen LogP contribution in [-0.2, 0) is 0 Å². The van der Waals surface area contributed by atoms with Crippen LogP contribution in [0.3, 0.4) is 0 Å². The lowest BCUT2D eigenvalue weighted by atomic mass is 10.0. The lowest BCUT2D eigenvalue weighted by molar-refractivity contribution is -0.0344. The van der Waals surface area contributed by atoms with E-state index >= 15 is 0 Å². The summed E-state index contributed by atoms with van der Waals surface area (Å²) in [6.45, 7) is 2.37. The summed E-state index contributed by atoms with van der Waals surface area (Å²) in [5, 5.41) is 0. The van der Waals surface area contributed by atoms with Crippen molar-refractivity contribution in [3.8, 4) is 0 Å². The first-order chi connectivity index (χ1) is 4.50. The fraction of sp³-hybridized carbons (Fsp3) is 1.00. The van der Waals surface area contributed by atoms with Crippen molar-refractivity contribution in [2.75, 3.05) is 20.1 Å². The standard InChI is InChI=1S/C7H13F2N/c1-7(8,9)6-3-4-10(2)5-6/h6H,3-5H2,1-2H3. The van der Waals surface area contributed by atoms with Gasteiger partial charge in [0.05, 0.1) is 0 Å². The van der Waals surface area contributed by atoms with Crippen molar-refractivity contribution < 1.29 is 8.78 Å². The highest BCUT2D eigenvalue weighted by Gasteiger charge is 2.37. The molecule has 1 rings (SSSR count). The van der Waals surface area contributed by atoms with Crippen LogP contribution in [0.2, 0.25) is 0 Å². The maximum Gasteiger partial charge on any atom is 0.249 e. The molecule has 1 saturated heterocycles. The Hall–Kier alpha value is -0.180. The van der Waals surface area contributed by atoms with E-state index in [-0.39, 0.29) is 0 Å². The van der Waals surface area contributed by atoms with Gasteiger partial charge in [-0.25, -0.2) is 8.78 Å². The van der Waals surface area contributed by atoms with Gasteiger partial charge >= 0.3 is 0 Å². The monoisotopic (exact) mass is 149 g/mol. The Morgan fingerprint density at radius 1 is 1.50 bits per heavy atom. The zero-order chi connectivity index (χ0) is 7.78. The number of halogens is 2. The summed E-state index contributed by atoms with van der Waals surface area (Å²) in [5.74, 6) is -2.90. The van der Waals surface area contributed by atoms with Crippen molar-refractivity contribution in [2.24, 2.45) is 5.92 Å². The van der Waals surface area contributed by atoms with E-state index < -0.39 is 11.8 Å². The van der Waals surface area contributed by atoms with Crippen molar-refractivity contribution in [2.45, 2.75) is 19.3 Å². The number of rotatable bonds is 1. The molecular weight excluding hydrogens is 136 g/mol. The van der Waals surface area contributed by atoms with E-state index in [9.17, 15) is 8.78 Å². The Balaban J connectivity index is 2.45. The smallest absolute Gasteiger partial charge is 0.249 e. The second-order valence-electron chi connectivity index (χ2n) is 3.20. The van der Waals surface area contributed by atoms with Crippen LogP contribution >= 0.6 is 0 Å². The lowest BCUT2D eigenvalue weighted by Crippen LogP contribution is -2.26. The summed E-state index contributed by atoms with van der Waals surface area (Å²) >= 11 is 0. The van der Waals surface area contributed by atoms with Crippen LogP contribution < -0.4 is 0 Å². The van der Waals surface area contributed by atoms with Crippen molar-refractivity contribution in [3.63, 3.8) is 0 Å². The van der Waals surface area contributed by atoms with Crippen molar-refractivity contribution in [3.05, 3.63) is 0 Å². The Labute approximate surface area is 60.0 Å². The molecule has 0 aliphatic carbocycles. The molecule has 0 saturated carbocycles. The van der Waals surface area contributed by atoms with E-state index in [4.69, 9.17) is 0 Å². The number of likely N-dealkylation sites (tertiary alicyclic amines) is 1. The highest BCUT2D eigenvalue weighted by Crippen LogP contribution is 2.30. The molecule has 0 aromatic heterocycles. The summed E-state index contributed by atoms with van der Waals surface area (Å²) in [7, 11) is 1.88. The van der Waals surface area contributed by atoms with Gasteiger partial charge in [-0.05, 0) is 26.9 Å². The zero-order valence-electron chi connectivity index (χ0n) is 6.40. The molecule has 1 aliphatic heterocycles. The van der Waals surface area contributed by atoms with E-state index in [0.29, 0.717) is 13.0 Å². The molecule has 60 valence electrons. The quantitative estimate of drug-likeness (QED) is 0.547. The third kappa shape index (κ3) is 1.66. The molecule has 3 heteroatoms. The van der Waals surface area contributed by atoms with Crippen LogP contribution in [0, 0.1) is 5.92 Å². The summed E-state index contributed by atoms with van der Waals surface area (Å²) < 4.78 is 25.1. The molecule has 10 heavy (non-hydrogen) atoms. The Morgan fingerprint density at radius 3 is 2.30 bits per heavy atom. The fourth-order valence-electron chi connectivity index (χ4n) is 1.35. The maximum absolute atomic E-state index is 12.6. The molecule has 0 amide bonds. The number of hydrogen-bond donors (Lipinski definition) is 0. The molecule has 0 spiro atoms. The second kappa shape index (κ2) is 2.46. The molecule has 1 nitrogen and oxygen atoms in total. The van der Waals surface area contributed by atoms with Crippen LogP contribution in [-0.4, -0.2) is 31.0 Å². The summed E-state index contributed by atoms with van der Waals surface area (Å²) in [6, 6.07) is 0. The van der Waals surface area contributed by atoms with Crippen LogP contribution in [0.15, 0.2) is 0 Å². The van der Waals surface area contributed by atoms with E-state index in [1.807, 2.05) is 11.9 Å². The molecular formula is C7H13F2N. The molecule has 1 aliphatic rings. The van der Waals surface area contributed by atoms with Crippen molar-refractivity contribution in [1.29, 1.82) is 0 Å². The largest absolute Gasteiger partial charge is 0.306 e. The SMILES string of the molecule is CN1CCC(C(C)(F)F)C1. The second-order valence-corrected chi connectivity index (χ2v) is 3.20. The number of nitrogens with zero attached hydrogens (tertiary/aromatic N) is 1. The van der Waals surface area contributed by atoms with Gasteiger partial charge in [-0.1, -0.05) is 0 Å². The first kappa shape index (κ1) is 7.92. The summed E-state index contributed by atoms with van der Waals surface area (Å²) in [5.41, 5.74) is 0. The molecule has 1 atom stereocenters. The first-order valence-corrected chi connectivity index (χ1v) is 3.56. The Morgan fingerprint density at radius 2 is 2.10 bits per heavy atom. The predicted octanol–water partition coefficient (Wildman–Crippen LogP) is 1.59. The summed E-state index contributed by atoms with van der Waals surface area (Å²) in [4.78, 5) is 1.95. The molecule has 0 radical (unpaired) electrons. The molecule has 0 bridgehead atoms. The third-order valence-electron chi connectivity index (χ3n) is 2.11. The maximum atomic E-state index is 12.6. The Kier molecular flexibility index (Phi) is 1.95. The van der Waals surface area contributed by atoms with Gasteiger partial charge in [0.2, 0.25) is 5.92 Å². The van der Waals surface area contributed by atoms with Crippen molar-refractivity contribution >= 4 is 0 Å². The molecule has 0 N–H and O–H groups in total. The van der Waals surface area contributed by atoms with E-state index in [2.05, 4.69) is 0 Å². The van der Waals surface area contributed by atoms with Crippen LogP contribution in [0.1, 0.15) is 13.3 Å². The van der Waals surface area contributed by atoms with Crippen LogP contribution in [0.5, 0.6) is 0 Å². The minimum atomic E-state index is -2.48. The molecule has 1 unspecified atom stereocenters. The average Bonchev–Trinajstić information content (AvgIpc) is 2.11. The normalized spacial score (nSPS) is 29.4. The average molecular weight is 149 g/mol. The highest BCUT2D eigenvalue weighted by molar-refractivity contribution is 4.81. The molecule has 1 fully saturated rings. The minimum Gasteiger partial charge on any atom is -0.306 e. The van der Waals surface area contributed by atoms with Gasteiger partial charge in [-0.2, -0.15) is 0 Å². The fourth-order valence-corrected chi connectivity index (χ4v) is 1.35. The van der Waals surface area contributed by atoms with E-state index in [0.717, 1.165) is 13.5 Å². The van der Waals surface area contributed by atoms with Crippen molar-refractivity contribution in [1.82, 2.24) is 4.90 Å². The topological polar surface area (TPSA) is 3.24 Å². The zero-order valence-corrected chi connectivity index (χ0v) is 6.40. The molecule has 0 aromatic carbocycles. The summed E-state index contributed by atoms with van der Waals surface area (Å²) in [6.07, 6.45) is 0.639. The van der Waals surface area contributed by atoms with Gasteiger partial charge in [0.25, 0.3) is 0 Å². The van der Waals surface area contributed by atoms with Gasteiger partial charge < -0.3 is 4.90 Å². The molecule has 1 heterocycles. The molecule has 0 aromatic rings. The van der Waals surface area contributed by atoms with Crippen LogP contribution in [0.25, 0.3) is 0 Å². The van der Waals surface area contributed by atoms with Gasteiger partial charge in [-0.3, -0.25) is 0 Å². The van der Waals surface area contributed by atoms with Gasteiger partial charge in [0, 0.05) is 12.5 Å². The van der Waals surface area contributed by atoms with Crippen LogP contribution in [0.4, 0.5) is 8.78 Å². The number of hydrogen-bond acceptors (Lipinski definition) is 1. The van der Waals surface area contributed by atoms with E-state index in [1.54, 1.807) is 0 Å². The Bertz CT molecular complexity index is 119.